The minimum Gasteiger partial charge on any atom is -0.469 e. The van der Waals surface area contributed by atoms with Crippen LogP contribution in [0.2, 0.25) is 0 Å². The highest BCUT2D eigenvalue weighted by Crippen LogP contribution is 2.68. The van der Waals surface area contributed by atoms with Crippen LogP contribution in [-0.2, 0) is 19.1 Å². The molecule has 0 heterocycles. The molecule has 0 bridgehead atoms. The first-order chi connectivity index (χ1) is 15.5. The highest BCUT2D eigenvalue weighted by molar-refractivity contribution is 5.69. The number of aliphatic hydroxyl groups is 2. The van der Waals surface area contributed by atoms with E-state index in [2.05, 4.69) is 20.8 Å². The summed E-state index contributed by atoms with van der Waals surface area (Å²) in [7, 11) is 1.43. The van der Waals surface area contributed by atoms with E-state index in [1.54, 1.807) is 0 Å². The lowest BCUT2D eigenvalue weighted by molar-refractivity contribution is -0.216. The van der Waals surface area contributed by atoms with Crippen molar-refractivity contribution in [1.82, 2.24) is 0 Å². The Bertz CT molecular complexity index is 753. The Morgan fingerprint density at radius 2 is 1.79 bits per heavy atom. The Kier molecular flexibility index (Phi) is 6.92. The molecule has 4 rings (SSSR count). The maximum absolute atomic E-state index is 12.1. The summed E-state index contributed by atoms with van der Waals surface area (Å²) in [4.78, 5) is 23.9. The van der Waals surface area contributed by atoms with Gasteiger partial charge in [-0.15, -0.1) is 0 Å². The number of carbonyl (C=O) groups is 2. The maximum Gasteiger partial charge on any atom is 0.305 e. The second kappa shape index (κ2) is 9.14. The molecule has 0 spiro atoms. The van der Waals surface area contributed by atoms with Crippen LogP contribution in [-0.4, -0.2) is 47.6 Å². The van der Waals surface area contributed by atoms with Crippen LogP contribution in [0.15, 0.2) is 0 Å². The molecule has 188 valence electrons. The van der Waals surface area contributed by atoms with Crippen molar-refractivity contribution in [3.63, 3.8) is 0 Å². The number of fused-ring (bicyclic) bond motifs is 5. The van der Waals surface area contributed by atoms with Gasteiger partial charge in [0, 0.05) is 19.3 Å². The van der Waals surface area contributed by atoms with Crippen molar-refractivity contribution in [3.05, 3.63) is 0 Å². The van der Waals surface area contributed by atoms with Gasteiger partial charge in [0.1, 0.15) is 6.10 Å². The van der Waals surface area contributed by atoms with Crippen LogP contribution in [0.5, 0.6) is 0 Å². The number of hydrogen-bond donors (Lipinski definition) is 2. The first kappa shape index (κ1) is 25.0. The number of ether oxygens (including phenoxy) is 2. The van der Waals surface area contributed by atoms with E-state index in [9.17, 15) is 19.8 Å². The van der Waals surface area contributed by atoms with Crippen molar-refractivity contribution in [2.24, 2.45) is 46.3 Å². The molecule has 0 aliphatic heterocycles. The van der Waals surface area contributed by atoms with E-state index in [0.717, 1.165) is 51.4 Å². The van der Waals surface area contributed by atoms with Crippen LogP contribution in [0.1, 0.15) is 85.5 Å². The standard InChI is InChI=1S/C27H44O6/c1-15(6-9-24(31)32-5)19-7-8-20-25-21(14-23(30)27(19,20)4)26(3)11-10-18(29)12-17(26)13-22(25)33-16(2)28/h15,17-23,25,29-30H,6-14H2,1-5H3/t15-,17+,18-,19-,20+,21+,22+,23+,25+,26-,27-/m0/s1. The summed E-state index contributed by atoms with van der Waals surface area (Å²) in [5, 5.41) is 22.1. The molecule has 0 aromatic carbocycles. The van der Waals surface area contributed by atoms with Gasteiger partial charge in [0.15, 0.2) is 0 Å². The molecule has 4 saturated carbocycles. The molecule has 33 heavy (non-hydrogen) atoms. The molecule has 0 radical (unpaired) electrons. The van der Waals surface area contributed by atoms with E-state index in [1.807, 2.05) is 0 Å². The van der Waals surface area contributed by atoms with Gasteiger partial charge in [-0.05, 0) is 91.8 Å². The van der Waals surface area contributed by atoms with Crippen LogP contribution in [0.25, 0.3) is 0 Å². The van der Waals surface area contributed by atoms with Gasteiger partial charge >= 0.3 is 11.9 Å². The van der Waals surface area contributed by atoms with Gasteiger partial charge in [-0.3, -0.25) is 9.59 Å². The average molecular weight is 465 g/mol. The van der Waals surface area contributed by atoms with Crippen LogP contribution in [0.4, 0.5) is 0 Å². The molecule has 2 N–H and O–H groups in total. The van der Waals surface area contributed by atoms with Gasteiger partial charge in [-0.1, -0.05) is 20.8 Å². The number of esters is 2. The molecule has 4 aliphatic rings. The first-order valence-corrected chi connectivity index (χ1v) is 13.1. The van der Waals surface area contributed by atoms with E-state index in [1.165, 1.54) is 14.0 Å². The van der Waals surface area contributed by atoms with Gasteiger partial charge in [0.2, 0.25) is 0 Å². The summed E-state index contributed by atoms with van der Waals surface area (Å²) >= 11 is 0. The number of methoxy groups -OCH3 is 1. The molecule has 4 fully saturated rings. The van der Waals surface area contributed by atoms with Gasteiger partial charge in [0.05, 0.1) is 19.3 Å². The Balaban J connectivity index is 1.64. The monoisotopic (exact) mass is 464 g/mol. The summed E-state index contributed by atoms with van der Waals surface area (Å²) in [5.41, 5.74) is -0.177. The lowest BCUT2D eigenvalue weighted by Crippen LogP contribution is -2.62. The third-order valence-electron chi connectivity index (χ3n) is 10.8. The first-order valence-electron chi connectivity index (χ1n) is 13.1. The third-order valence-corrected chi connectivity index (χ3v) is 10.8. The quantitative estimate of drug-likeness (QED) is 0.595. The fraction of sp³-hybridized carbons (Fsp3) is 0.926. The predicted octanol–water partition coefficient (Wildman–Crippen LogP) is 4.11. The number of hydrogen-bond acceptors (Lipinski definition) is 6. The summed E-state index contributed by atoms with van der Waals surface area (Å²) in [6.45, 7) is 8.34. The maximum atomic E-state index is 12.1. The Labute approximate surface area is 198 Å². The highest BCUT2D eigenvalue weighted by atomic mass is 16.5. The second-order valence-electron chi connectivity index (χ2n) is 12.2. The fourth-order valence-electron chi connectivity index (χ4n) is 9.09. The largest absolute Gasteiger partial charge is 0.469 e. The van der Waals surface area contributed by atoms with E-state index >= 15 is 0 Å². The molecule has 0 aromatic heterocycles. The lowest BCUT2D eigenvalue weighted by atomic mass is 9.43. The molecule has 6 heteroatoms. The number of aliphatic hydroxyl groups excluding tert-OH is 2. The normalized spacial score (nSPS) is 47.6. The van der Waals surface area contributed by atoms with E-state index < -0.39 is 6.10 Å². The van der Waals surface area contributed by atoms with Crippen molar-refractivity contribution < 1.29 is 29.3 Å². The minimum atomic E-state index is -0.405. The summed E-state index contributed by atoms with van der Waals surface area (Å²) in [6, 6.07) is 0. The van der Waals surface area contributed by atoms with Gasteiger partial charge < -0.3 is 19.7 Å². The predicted molar refractivity (Wildman–Crippen MR) is 124 cm³/mol. The topological polar surface area (TPSA) is 93.1 Å². The smallest absolute Gasteiger partial charge is 0.305 e. The summed E-state index contributed by atoms with van der Waals surface area (Å²) in [6.07, 6.45) is 6.54. The summed E-state index contributed by atoms with van der Waals surface area (Å²) < 4.78 is 10.9. The van der Waals surface area contributed by atoms with Crippen LogP contribution in [0, 0.1) is 46.3 Å². The summed E-state index contributed by atoms with van der Waals surface area (Å²) in [5.74, 6) is 1.40. The number of carbonyl (C=O) groups excluding carboxylic acids is 2. The molecule has 0 amide bonds. The van der Waals surface area contributed by atoms with Crippen molar-refractivity contribution in [2.45, 2.75) is 104 Å². The van der Waals surface area contributed by atoms with Crippen molar-refractivity contribution in [3.8, 4) is 0 Å². The Morgan fingerprint density at radius 3 is 2.45 bits per heavy atom. The van der Waals surface area contributed by atoms with E-state index in [-0.39, 0.29) is 40.9 Å². The Hall–Kier alpha value is -1.14. The molecule has 11 atom stereocenters. The molecule has 0 saturated heterocycles. The zero-order chi connectivity index (χ0) is 24.1. The molecular formula is C27H44O6. The van der Waals surface area contributed by atoms with Crippen LogP contribution < -0.4 is 0 Å². The second-order valence-corrected chi connectivity index (χ2v) is 12.2. The van der Waals surface area contributed by atoms with Crippen LogP contribution in [0.3, 0.4) is 0 Å². The molecular weight excluding hydrogens is 420 g/mol. The minimum absolute atomic E-state index is 0.0669. The van der Waals surface area contributed by atoms with Crippen molar-refractivity contribution >= 4 is 11.9 Å². The average Bonchev–Trinajstić information content (AvgIpc) is 3.11. The van der Waals surface area contributed by atoms with Gasteiger partial charge in [-0.25, -0.2) is 0 Å². The lowest BCUT2D eigenvalue weighted by Gasteiger charge is -2.63. The molecule has 6 nitrogen and oxygen atoms in total. The van der Waals surface area contributed by atoms with E-state index in [0.29, 0.717) is 36.0 Å². The van der Waals surface area contributed by atoms with Crippen LogP contribution >= 0.6 is 0 Å². The van der Waals surface area contributed by atoms with Crippen molar-refractivity contribution in [1.29, 1.82) is 0 Å². The molecule has 0 aromatic rings. The molecule has 4 aliphatic carbocycles. The van der Waals surface area contributed by atoms with Gasteiger partial charge in [-0.2, -0.15) is 0 Å². The zero-order valence-corrected chi connectivity index (χ0v) is 21.1. The van der Waals surface area contributed by atoms with Gasteiger partial charge in [0.25, 0.3) is 0 Å². The zero-order valence-electron chi connectivity index (χ0n) is 21.1. The Morgan fingerprint density at radius 1 is 1.06 bits per heavy atom. The SMILES string of the molecule is COC(=O)CC[C@H](C)[C@@H]1CC[C@@H]2[C@@H]3[C@@H](C[C@@H](O)[C@]21C)[C@@]1(C)CC[C@H](O)C[C@@H]1C[C@H]3OC(C)=O. The number of rotatable bonds is 5. The van der Waals surface area contributed by atoms with E-state index in [4.69, 9.17) is 9.47 Å². The highest BCUT2D eigenvalue weighted by Gasteiger charge is 2.66. The molecule has 0 unspecified atom stereocenters. The third kappa shape index (κ3) is 4.13. The van der Waals surface area contributed by atoms with Crippen molar-refractivity contribution in [2.75, 3.05) is 7.11 Å². The fourth-order valence-corrected chi connectivity index (χ4v) is 9.09.